The van der Waals surface area contributed by atoms with Crippen LogP contribution >= 0.6 is 27.7 Å². The Kier molecular flexibility index (Phi) is 6.39. The van der Waals surface area contributed by atoms with Gasteiger partial charge in [0.2, 0.25) is 15.9 Å². The molecule has 0 radical (unpaired) electrons. The topological polar surface area (TPSA) is 57.7 Å². The minimum Gasteiger partial charge on any atom is -0.339 e. The fraction of sp³-hybridized carbons (Fsp3) is 0.562. The Morgan fingerprint density at radius 2 is 1.75 bits per heavy atom. The molecule has 0 spiro atoms. The van der Waals surface area contributed by atoms with Gasteiger partial charge in [-0.3, -0.25) is 4.79 Å². The van der Waals surface area contributed by atoms with E-state index in [9.17, 15) is 13.2 Å². The van der Waals surface area contributed by atoms with Crippen LogP contribution in [0.15, 0.2) is 33.6 Å². The highest BCUT2D eigenvalue weighted by Gasteiger charge is 2.31. The average molecular weight is 435 g/mol. The number of piperazine rings is 1. The average Bonchev–Trinajstić information content (AvgIpc) is 2.52. The van der Waals surface area contributed by atoms with Gasteiger partial charge < -0.3 is 4.90 Å². The molecule has 1 saturated heterocycles. The number of halogens is 1. The molecule has 0 bridgehead atoms. The van der Waals surface area contributed by atoms with Crippen LogP contribution < -0.4 is 0 Å². The normalized spacial score (nSPS) is 17.1. The second kappa shape index (κ2) is 7.76. The molecule has 1 aromatic rings. The van der Waals surface area contributed by atoms with Gasteiger partial charge in [0.15, 0.2) is 0 Å². The highest BCUT2D eigenvalue weighted by Crippen LogP contribution is 2.26. The van der Waals surface area contributed by atoms with E-state index in [4.69, 9.17) is 0 Å². The molecule has 1 amide bonds. The molecule has 0 N–H and O–H groups in total. The molecule has 5 nitrogen and oxygen atoms in total. The van der Waals surface area contributed by atoms with Crippen LogP contribution in [0, 0.1) is 0 Å². The molecule has 24 heavy (non-hydrogen) atoms. The van der Waals surface area contributed by atoms with Gasteiger partial charge in [0, 0.05) is 35.4 Å². The molecule has 0 aliphatic carbocycles. The number of hydrogen-bond acceptors (Lipinski definition) is 4. The van der Waals surface area contributed by atoms with Crippen molar-refractivity contribution in [2.75, 3.05) is 31.9 Å². The van der Waals surface area contributed by atoms with Gasteiger partial charge in [-0.15, -0.1) is 11.8 Å². The zero-order valence-electron chi connectivity index (χ0n) is 14.2. The first kappa shape index (κ1) is 19.8. The molecule has 0 saturated carbocycles. The molecule has 0 unspecified atom stereocenters. The van der Waals surface area contributed by atoms with Crippen molar-refractivity contribution >= 4 is 43.6 Å². The van der Waals surface area contributed by atoms with Crippen LogP contribution in [-0.2, 0) is 14.8 Å². The van der Waals surface area contributed by atoms with Crippen LogP contribution in [0.5, 0.6) is 0 Å². The van der Waals surface area contributed by atoms with Gasteiger partial charge in [0.1, 0.15) is 0 Å². The summed E-state index contributed by atoms with van der Waals surface area (Å²) in [5.41, 5.74) is 0. The molecule has 1 aromatic carbocycles. The van der Waals surface area contributed by atoms with E-state index in [1.807, 2.05) is 0 Å². The van der Waals surface area contributed by atoms with E-state index in [1.54, 1.807) is 40.9 Å². The van der Waals surface area contributed by atoms with Crippen molar-refractivity contribution in [3.05, 3.63) is 28.7 Å². The third-order valence-electron chi connectivity index (χ3n) is 3.67. The summed E-state index contributed by atoms with van der Waals surface area (Å²) in [7, 11) is -3.53. The molecule has 1 aliphatic rings. The van der Waals surface area contributed by atoms with Crippen LogP contribution in [0.25, 0.3) is 0 Å². The number of carbonyl (C=O) groups excluding carboxylic acids is 1. The molecule has 1 fully saturated rings. The third kappa shape index (κ3) is 4.97. The predicted molar refractivity (Wildman–Crippen MR) is 102 cm³/mol. The van der Waals surface area contributed by atoms with Crippen LogP contribution in [0.2, 0.25) is 0 Å². The van der Waals surface area contributed by atoms with E-state index in [1.165, 1.54) is 4.31 Å². The van der Waals surface area contributed by atoms with Gasteiger partial charge in [-0.1, -0.05) is 32.9 Å². The Balaban J connectivity index is 1.97. The largest absolute Gasteiger partial charge is 0.339 e. The highest BCUT2D eigenvalue weighted by molar-refractivity contribution is 9.10. The molecule has 0 aromatic heterocycles. The summed E-state index contributed by atoms with van der Waals surface area (Å²) < 4.78 is 27.5. The first-order valence-electron chi connectivity index (χ1n) is 7.78. The smallest absolute Gasteiger partial charge is 0.244 e. The Hall–Kier alpha value is -0.570. The fourth-order valence-electron chi connectivity index (χ4n) is 2.34. The first-order valence-corrected chi connectivity index (χ1v) is 11.0. The SMILES string of the molecule is CC(C)(C)SCC(=O)N1CCN(S(=O)(=O)c2ccccc2Br)CC1. The Morgan fingerprint density at radius 3 is 2.29 bits per heavy atom. The molecule has 1 heterocycles. The Bertz CT molecular complexity index is 694. The summed E-state index contributed by atoms with van der Waals surface area (Å²) in [6.07, 6.45) is 0. The predicted octanol–water partition coefficient (Wildman–Crippen LogP) is 2.81. The molecule has 134 valence electrons. The molecule has 1 aliphatic heterocycles. The number of rotatable bonds is 4. The summed E-state index contributed by atoms with van der Waals surface area (Å²) >= 11 is 4.91. The quantitative estimate of drug-likeness (QED) is 0.730. The summed E-state index contributed by atoms with van der Waals surface area (Å²) in [4.78, 5) is 14.3. The number of thioether (sulfide) groups is 1. The van der Waals surface area contributed by atoms with Crippen LogP contribution in [0.1, 0.15) is 20.8 Å². The maximum absolute atomic E-state index is 12.7. The van der Waals surface area contributed by atoms with E-state index in [2.05, 4.69) is 36.7 Å². The van der Waals surface area contributed by atoms with E-state index in [0.29, 0.717) is 36.4 Å². The van der Waals surface area contributed by atoms with Crippen molar-refractivity contribution in [3.8, 4) is 0 Å². The minimum atomic E-state index is -3.53. The minimum absolute atomic E-state index is 0.0421. The summed E-state index contributed by atoms with van der Waals surface area (Å²) in [5.74, 6) is 0.508. The summed E-state index contributed by atoms with van der Waals surface area (Å²) in [6.45, 7) is 7.76. The van der Waals surface area contributed by atoms with Crippen molar-refractivity contribution < 1.29 is 13.2 Å². The zero-order chi connectivity index (χ0) is 18.0. The fourth-order valence-corrected chi connectivity index (χ4v) is 5.47. The third-order valence-corrected chi connectivity index (χ3v) is 7.84. The lowest BCUT2D eigenvalue weighted by atomic mass is 10.3. The molecule has 2 rings (SSSR count). The zero-order valence-corrected chi connectivity index (χ0v) is 17.4. The maximum Gasteiger partial charge on any atom is 0.244 e. The second-order valence-electron chi connectivity index (χ2n) is 6.62. The van der Waals surface area contributed by atoms with E-state index in [0.717, 1.165) is 0 Å². The Morgan fingerprint density at radius 1 is 1.17 bits per heavy atom. The van der Waals surface area contributed by atoms with Gasteiger partial charge >= 0.3 is 0 Å². The van der Waals surface area contributed by atoms with Gasteiger partial charge in [-0.2, -0.15) is 4.31 Å². The van der Waals surface area contributed by atoms with Crippen molar-refractivity contribution in [1.29, 1.82) is 0 Å². The van der Waals surface area contributed by atoms with Crippen LogP contribution in [0.4, 0.5) is 0 Å². The number of nitrogens with zero attached hydrogens (tertiary/aromatic N) is 2. The number of benzene rings is 1. The van der Waals surface area contributed by atoms with Crippen molar-refractivity contribution in [2.45, 2.75) is 30.4 Å². The number of amides is 1. The lowest BCUT2D eigenvalue weighted by Gasteiger charge is -2.34. The first-order chi connectivity index (χ1) is 11.1. The number of sulfonamides is 1. The molecular weight excluding hydrogens is 412 g/mol. The van der Waals surface area contributed by atoms with Crippen molar-refractivity contribution in [3.63, 3.8) is 0 Å². The van der Waals surface area contributed by atoms with Gasteiger partial charge in [-0.05, 0) is 28.1 Å². The van der Waals surface area contributed by atoms with Crippen LogP contribution in [-0.4, -0.2) is 60.2 Å². The highest BCUT2D eigenvalue weighted by atomic mass is 79.9. The number of hydrogen-bond donors (Lipinski definition) is 0. The van der Waals surface area contributed by atoms with Gasteiger partial charge in [0.25, 0.3) is 0 Å². The Labute approximate surface area is 157 Å². The van der Waals surface area contributed by atoms with E-state index < -0.39 is 10.0 Å². The lowest BCUT2D eigenvalue weighted by Crippen LogP contribution is -2.51. The van der Waals surface area contributed by atoms with Crippen LogP contribution in [0.3, 0.4) is 0 Å². The second-order valence-corrected chi connectivity index (χ2v) is 11.2. The van der Waals surface area contributed by atoms with Crippen molar-refractivity contribution in [1.82, 2.24) is 9.21 Å². The van der Waals surface area contributed by atoms with Gasteiger partial charge in [0.05, 0.1) is 10.6 Å². The lowest BCUT2D eigenvalue weighted by molar-refractivity contribution is -0.129. The summed E-state index contributed by atoms with van der Waals surface area (Å²) in [5, 5.41) is 0. The molecular formula is C16H23BrN2O3S2. The van der Waals surface area contributed by atoms with Gasteiger partial charge in [-0.25, -0.2) is 8.42 Å². The maximum atomic E-state index is 12.7. The molecule has 8 heteroatoms. The molecule has 0 atom stereocenters. The van der Waals surface area contributed by atoms with E-state index >= 15 is 0 Å². The monoisotopic (exact) mass is 434 g/mol. The standard InChI is InChI=1S/C16H23BrN2O3S2/c1-16(2,3)23-12-15(20)18-8-10-19(11-9-18)24(21,22)14-7-5-4-6-13(14)17/h4-7H,8-12H2,1-3H3. The van der Waals surface area contributed by atoms with E-state index in [-0.39, 0.29) is 15.5 Å². The van der Waals surface area contributed by atoms with Crippen molar-refractivity contribution in [2.24, 2.45) is 0 Å². The summed E-state index contributed by atoms with van der Waals surface area (Å²) in [6, 6.07) is 6.81. The number of carbonyl (C=O) groups is 1.